The Morgan fingerprint density at radius 1 is 0.852 bits per heavy atom. The van der Waals surface area contributed by atoms with E-state index in [0.717, 1.165) is 5.56 Å². The van der Waals surface area contributed by atoms with E-state index in [1.165, 1.54) is 0 Å². The van der Waals surface area contributed by atoms with Crippen LogP contribution in [0.4, 0.5) is 5.82 Å². The van der Waals surface area contributed by atoms with Crippen molar-refractivity contribution in [3.8, 4) is 45.7 Å². The maximum atomic E-state index is 9.65. The van der Waals surface area contributed by atoms with Gasteiger partial charge in [0.25, 0.3) is 0 Å². The number of pyridine rings is 1. The second-order valence-electron chi connectivity index (χ2n) is 5.69. The van der Waals surface area contributed by atoms with Gasteiger partial charge in [-0.2, -0.15) is 5.26 Å². The molecule has 0 saturated heterocycles. The molecule has 6 nitrogen and oxygen atoms in total. The van der Waals surface area contributed by atoms with Crippen molar-refractivity contribution in [2.75, 3.05) is 27.1 Å². The fourth-order valence-electron chi connectivity index (χ4n) is 2.91. The van der Waals surface area contributed by atoms with E-state index in [1.54, 1.807) is 39.5 Å². The zero-order valence-corrected chi connectivity index (χ0v) is 15.3. The summed E-state index contributed by atoms with van der Waals surface area (Å²) in [5.74, 6) is 2.05. The number of para-hydroxylation sites is 1. The molecule has 136 valence electrons. The number of anilines is 1. The molecule has 0 unspecified atom stereocenters. The lowest BCUT2D eigenvalue weighted by Crippen LogP contribution is -2.01. The molecule has 1 heterocycles. The number of nitrogen functional groups attached to an aromatic ring is 1. The second-order valence-corrected chi connectivity index (χ2v) is 5.69. The number of ether oxygens (including phenoxy) is 3. The van der Waals surface area contributed by atoms with E-state index >= 15 is 0 Å². The van der Waals surface area contributed by atoms with E-state index in [4.69, 9.17) is 19.9 Å². The van der Waals surface area contributed by atoms with Crippen LogP contribution in [0, 0.1) is 11.3 Å². The van der Waals surface area contributed by atoms with Crippen molar-refractivity contribution in [2.24, 2.45) is 0 Å². The summed E-state index contributed by atoms with van der Waals surface area (Å²) >= 11 is 0. The van der Waals surface area contributed by atoms with E-state index < -0.39 is 0 Å². The van der Waals surface area contributed by atoms with Crippen molar-refractivity contribution in [2.45, 2.75) is 0 Å². The molecular formula is C21H19N3O3. The van der Waals surface area contributed by atoms with Crippen LogP contribution in [-0.2, 0) is 0 Å². The summed E-state index contributed by atoms with van der Waals surface area (Å²) in [6, 6.07) is 16.8. The van der Waals surface area contributed by atoms with Crippen LogP contribution in [0.1, 0.15) is 5.56 Å². The fourth-order valence-corrected chi connectivity index (χ4v) is 2.91. The van der Waals surface area contributed by atoms with E-state index in [9.17, 15) is 5.26 Å². The van der Waals surface area contributed by atoms with Crippen molar-refractivity contribution in [1.29, 1.82) is 5.26 Å². The number of methoxy groups -OCH3 is 3. The Kier molecular flexibility index (Phi) is 5.13. The molecule has 6 heteroatoms. The van der Waals surface area contributed by atoms with Crippen molar-refractivity contribution in [1.82, 2.24) is 4.98 Å². The Balaban J connectivity index is 2.31. The summed E-state index contributed by atoms with van der Waals surface area (Å²) in [6.45, 7) is 0. The molecule has 0 amide bonds. The molecule has 0 saturated carbocycles. The van der Waals surface area contributed by atoms with Crippen LogP contribution in [0.25, 0.3) is 22.4 Å². The molecule has 2 aromatic carbocycles. The van der Waals surface area contributed by atoms with Crippen LogP contribution in [0.3, 0.4) is 0 Å². The third kappa shape index (κ3) is 3.35. The lowest BCUT2D eigenvalue weighted by Gasteiger charge is -2.15. The van der Waals surface area contributed by atoms with E-state index in [1.807, 2.05) is 30.3 Å². The third-order valence-corrected chi connectivity index (χ3v) is 4.24. The van der Waals surface area contributed by atoms with Crippen LogP contribution < -0.4 is 19.9 Å². The van der Waals surface area contributed by atoms with Crippen molar-refractivity contribution in [3.63, 3.8) is 0 Å². The second kappa shape index (κ2) is 7.67. The van der Waals surface area contributed by atoms with Gasteiger partial charge in [0.1, 0.15) is 34.7 Å². The first-order chi connectivity index (χ1) is 13.1. The van der Waals surface area contributed by atoms with Gasteiger partial charge in [-0.25, -0.2) is 4.98 Å². The van der Waals surface area contributed by atoms with Gasteiger partial charge in [0.15, 0.2) is 0 Å². The number of aromatic nitrogens is 1. The zero-order chi connectivity index (χ0) is 19.4. The first kappa shape index (κ1) is 18.1. The number of nitrogens with zero attached hydrogens (tertiary/aromatic N) is 2. The minimum Gasteiger partial charge on any atom is -0.497 e. The summed E-state index contributed by atoms with van der Waals surface area (Å²) in [5, 5.41) is 9.65. The number of rotatable bonds is 5. The molecule has 0 bridgehead atoms. The SMILES string of the molecule is COc1ccc(OC)c(-c2cc(-c3ccccc3OC)nc(N)c2C#N)c1. The number of hydrogen-bond acceptors (Lipinski definition) is 6. The molecule has 3 rings (SSSR count). The monoisotopic (exact) mass is 361 g/mol. The predicted octanol–water partition coefficient (Wildman–Crippen LogP) is 3.90. The average Bonchev–Trinajstić information content (AvgIpc) is 2.72. The quantitative estimate of drug-likeness (QED) is 0.741. The number of nitriles is 1. The van der Waals surface area contributed by atoms with Crippen LogP contribution in [-0.4, -0.2) is 26.3 Å². The molecule has 0 fully saturated rings. The third-order valence-electron chi connectivity index (χ3n) is 4.24. The van der Waals surface area contributed by atoms with Crippen molar-refractivity contribution in [3.05, 3.63) is 54.1 Å². The Bertz CT molecular complexity index is 1030. The lowest BCUT2D eigenvalue weighted by atomic mass is 9.97. The molecular weight excluding hydrogens is 342 g/mol. The van der Waals surface area contributed by atoms with Gasteiger partial charge < -0.3 is 19.9 Å². The summed E-state index contributed by atoms with van der Waals surface area (Å²) in [6.07, 6.45) is 0. The molecule has 0 radical (unpaired) electrons. The van der Waals surface area contributed by atoms with Gasteiger partial charge in [0.05, 0.1) is 27.0 Å². The van der Waals surface area contributed by atoms with Gasteiger partial charge in [0, 0.05) is 16.7 Å². The Morgan fingerprint density at radius 2 is 1.56 bits per heavy atom. The average molecular weight is 361 g/mol. The van der Waals surface area contributed by atoms with Gasteiger partial charge in [-0.1, -0.05) is 12.1 Å². The van der Waals surface area contributed by atoms with Crippen LogP contribution in [0.2, 0.25) is 0 Å². The zero-order valence-electron chi connectivity index (χ0n) is 15.3. The van der Waals surface area contributed by atoms with Gasteiger partial charge in [-0.15, -0.1) is 0 Å². The van der Waals surface area contributed by atoms with Crippen LogP contribution in [0.5, 0.6) is 17.2 Å². The van der Waals surface area contributed by atoms with E-state index in [-0.39, 0.29) is 11.4 Å². The number of benzene rings is 2. The number of hydrogen-bond donors (Lipinski definition) is 1. The molecule has 0 aliphatic rings. The van der Waals surface area contributed by atoms with E-state index in [0.29, 0.717) is 34.1 Å². The maximum Gasteiger partial charge on any atom is 0.142 e. The van der Waals surface area contributed by atoms with E-state index in [2.05, 4.69) is 11.1 Å². The van der Waals surface area contributed by atoms with Gasteiger partial charge in [-0.05, 0) is 36.4 Å². The molecule has 0 atom stereocenters. The Hall–Kier alpha value is -3.72. The Morgan fingerprint density at radius 3 is 2.22 bits per heavy atom. The van der Waals surface area contributed by atoms with Gasteiger partial charge in [0.2, 0.25) is 0 Å². The molecule has 1 aromatic heterocycles. The lowest BCUT2D eigenvalue weighted by molar-refractivity contribution is 0.404. The minimum absolute atomic E-state index is 0.140. The van der Waals surface area contributed by atoms with Crippen LogP contribution in [0.15, 0.2) is 48.5 Å². The first-order valence-corrected chi connectivity index (χ1v) is 8.19. The summed E-state index contributed by atoms with van der Waals surface area (Å²) in [4.78, 5) is 4.41. The molecule has 3 aromatic rings. The molecule has 2 N–H and O–H groups in total. The normalized spacial score (nSPS) is 10.1. The van der Waals surface area contributed by atoms with Crippen LogP contribution >= 0.6 is 0 Å². The Labute approximate surface area is 157 Å². The highest BCUT2D eigenvalue weighted by atomic mass is 16.5. The maximum absolute atomic E-state index is 9.65. The fraction of sp³-hybridized carbons (Fsp3) is 0.143. The summed E-state index contributed by atoms with van der Waals surface area (Å²) in [5.41, 5.74) is 9.08. The van der Waals surface area contributed by atoms with Gasteiger partial charge >= 0.3 is 0 Å². The minimum atomic E-state index is 0.140. The topological polar surface area (TPSA) is 90.4 Å². The molecule has 0 aliphatic carbocycles. The standard InChI is InChI=1S/C21H19N3O3/c1-25-13-8-9-20(27-3)16(10-13)15-11-18(24-21(23)17(15)12-22)14-6-4-5-7-19(14)26-2/h4-11H,1-3H3,(H2,23,24). The number of nitrogens with two attached hydrogens (primary N) is 1. The van der Waals surface area contributed by atoms with Crippen molar-refractivity contribution < 1.29 is 14.2 Å². The largest absolute Gasteiger partial charge is 0.497 e. The summed E-state index contributed by atoms with van der Waals surface area (Å²) < 4.78 is 16.2. The van der Waals surface area contributed by atoms with Gasteiger partial charge in [-0.3, -0.25) is 0 Å². The first-order valence-electron chi connectivity index (χ1n) is 8.19. The highest BCUT2D eigenvalue weighted by Crippen LogP contribution is 2.39. The van der Waals surface area contributed by atoms with Crippen molar-refractivity contribution >= 4 is 5.82 Å². The molecule has 27 heavy (non-hydrogen) atoms. The highest BCUT2D eigenvalue weighted by Gasteiger charge is 2.18. The molecule has 0 spiro atoms. The highest BCUT2D eigenvalue weighted by molar-refractivity contribution is 5.84. The molecule has 0 aliphatic heterocycles. The smallest absolute Gasteiger partial charge is 0.142 e. The summed E-state index contributed by atoms with van der Waals surface area (Å²) in [7, 11) is 4.75. The predicted molar refractivity (Wildman–Crippen MR) is 104 cm³/mol.